The zero-order valence-corrected chi connectivity index (χ0v) is 12.2. The van der Waals surface area contributed by atoms with Crippen molar-refractivity contribution in [1.29, 1.82) is 0 Å². The Hall–Kier alpha value is -2.82. The number of nitrogens with zero attached hydrogens (tertiary/aromatic N) is 2. The Labute approximate surface area is 129 Å². The van der Waals surface area contributed by atoms with Crippen molar-refractivity contribution in [1.82, 2.24) is 9.97 Å². The number of benzene rings is 1. The minimum absolute atomic E-state index is 0.605. The van der Waals surface area contributed by atoms with E-state index in [2.05, 4.69) is 44.9 Å². The molecule has 0 unspecified atom stereocenters. The number of rotatable bonds is 7. The molecule has 3 aromatic rings. The van der Waals surface area contributed by atoms with E-state index in [1.165, 1.54) is 5.56 Å². The van der Waals surface area contributed by atoms with Gasteiger partial charge in [-0.2, -0.15) is 0 Å². The molecule has 3 rings (SSSR count). The minimum atomic E-state index is 0.605. The normalized spacial score (nSPS) is 10.4. The highest BCUT2D eigenvalue weighted by atomic mass is 16.3. The van der Waals surface area contributed by atoms with Crippen molar-refractivity contribution in [3.63, 3.8) is 0 Å². The molecule has 0 amide bonds. The van der Waals surface area contributed by atoms with Gasteiger partial charge in [0.05, 0.1) is 12.8 Å². The summed E-state index contributed by atoms with van der Waals surface area (Å²) in [6, 6.07) is 16.1. The van der Waals surface area contributed by atoms with Gasteiger partial charge >= 0.3 is 0 Å². The maximum Gasteiger partial charge on any atom is 0.131 e. The first-order valence-electron chi connectivity index (χ1n) is 7.26. The van der Waals surface area contributed by atoms with Crippen LogP contribution < -0.4 is 10.6 Å². The summed E-state index contributed by atoms with van der Waals surface area (Å²) in [5.41, 5.74) is 1.31. The van der Waals surface area contributed by atoms with Gasteiger partial charge in [0.2, 0.25) is 0 Å². The number of anilines is 2. The van der Waals surface area contributed by atoms with Gasteiger partial charge in [0, 0.05) is 12.6 Å². The van der Waals surface area contributed by atoms with Crippen LogP contribution in [0.1, 0.15) is 11.3 Å². The molecular formula is C17H18N4O. The second-order valence-electron chi connectivity index (χ2n) is 4.88. The van der Waals surface area contributed by atoms with Gasteiger partial charge in [-0.25, -0.2) is 9.97 Å². The van der Waals surface area contributed by atoms with Gasteiger partial charge in [0.1, 0.15) is 23.7 Å². The lowest BCUT2D eigenvalue weighted by molar-refractivity contribution is 0.518. The molecule has 2 heterocycles. The zero-order valence-electron chi connectivity index (χ0n) is 12.2. The molecule has 2 N–H and O–H groups in total. The fraction of sp³-hybridized carbons (Fsp3) is 0.176. The molecule has 0 fully saturated rings. The second kappa shape index (κ2) is 7.26. The summed E-state index contributed by atoms with van der Waals surface area (Å²) in [5.74, 6) is 2.46. The average molecular weight is 294 g/mol. The zero-order chi connectivity index (χ0) is 15.0. The predicted octanol–water partition coefficient (Wildman–Crippen LogP) is 3.34. The molecule has 5 nitrogen and oxygen atoms in total. The van der Waals surface area contributed by atoms with Crippen molar-refractivity contribution >= 4 is 11.6 Å². The molecule has 2 aromatic heterocycles. The van der Waals surface area contributed by atoms with E-state index >= 15 is 0 Å². The van der Waals surface area contributed by atoms with Crippen molar-refractivity contribution < 1.29 is 4.42 Å². The highest BCUT2D eigenvalue weighted by Crippen LogP contribution is 2.11. The van der Waals surface area contributed by atoms with Gasteiger partial charge in [-0.15, -0.1) is 0 Å². The molecule has 5 heteroatoms. The van der Waals surface area contributed by atoms with Crippen LogP contribution in [0.5, 0.6) is 0 Å². The van der Waals surface area contributed by atoms with Crippen LogP contribution in [0.15, 0.2) is 65.5 Å². The standard InChI is InChI=1S/C17H18N4O/c1-2-5-14(6-3-1)8-9-18-16-11-17(21-13-20-16)19-12-15-7-4-10-22-15/h1-7,10-11,13H,8-9,12H2,(H2,18,19,20,21). The minimum Gasteiger partial charge on any atom is -0.467 e. The van der Waals surface area contributed by atoms with Crippen LogP contribution in [0, 0.1) is 0 Å². The number of nitrogens with one attached hydrogen (secondary N) is 2. The summed E-state index contributed by atoms with van der Waals surface area (Å²) in [4.78, 5) is 8.43. The van der Waals surface area contributed by atoms with E-state index < -0.39 is 0 Å². The molecule has 1 aromatic carbocycles. The van der Waals surface area contributed by atoms with Crippen LogP contribution in [0.25, 0.3) is 0 Å². The summed E-state index contributed by atoms with van der Waals surface area (Å²) in [6.07, 6.45) is 4.17. The molecule has 22 heavy (non-hydrogen) atoms. The molecule has 0 aliphatic rings. The van der Waals surface area contributed by atoms with Crippen LogP contribution in [0.2, 0.25) is 0 Å². The number of aromatic nitrogens is 2. The average Bonchev–Trinajstić information content (AvgIpc) is 3.08. The molecule has 0 aliphatic carbocycles. The van der Waals surface area contributed by atoms with E-state index in [0.717, 1.165) is 30.4 Å². The van der Waals surface area contributed by atoms with Gasteiger partial charge in [0.15, 0.2) is 0 Å². The largest absolute Gasteiger partial charge is 0.467 e. The number of hydrogen-bond acceptors (Lipinski definition) is 5. The van der Waals surface area contributed by atoms with Crippen LogP contribution in [0.4, 0.5) is 11.6 Å². The van der Waals surface area contributed by atoms with Gasteiger partial charge in [-0.1, -0.05) is 30.3 Å². The molecule has 0 spiro atoms. The van der Waals surface area contributed by atoms with Crippen molar-refractivity contribution in [2.45, 2.75) is 13.0 Å². The van der Waals surface area contributed by atoms with Crippen LogP contribution in [-0.2, 0) is 13.0 Å². The number of hydrogen-bond donors (Lipinski definition) is 2. The Bertz CT molecular complexity index is 683. The van der Waals surface area contributed by atoms with E-state index in [4.69, 9.17) is 4.42 Å². The summed E-state index contributed by atoms with van der Waals surface area (Å²) < 4.78 is 5.28. The van der Waals surface area contributed by atoms with Gasteiger partial charge in [-0.05, 0) is 24.1 Å². The third-order valence-corrected chi connectivity index (χ3v) is 3.25. The van der Waals surface area contributed by atoms with E-state index in [9.17, 15) is 0 Å². The van der Waals surface area contributed by atoms with Gasteiger partial charge in [-0.3, -0.25) is 0 Å². The van der Waals surface area contributed by atoms with E-state index in [0.29, 0.717) is 6.54 Å². The van der Waals surface area contributed by atoms with Gasteiger partial charge in [0.25, 0.3) is 0 Å². The summed E-state index contributed by atoms with van der Waals surface area (Å²) in [5, 5.41) is 6.52. The van der Waals surface area contributed by atoms with Crippen LogP contribution in [-0.4, -0.2) is 16.5 Å². The van der Waals surface area contributed by atoms with Crippen molar-refractivity contribution in [3.8, 4) is 0 Å². The smallest absolute Gasteiger partial charge is 0.131 e. The first-order chi connectivity index (χ1) is 10.9. The Morgan fingerprint density at radius 3 is 2.50 bits per heavy atom. The van der Waals surface area contributed by atoms with Gasteiger partial charge < -0.3 is 15.1 Å². The predicted molar refractivity (Wildman–Crippen MR) is 86.7 cm³/mol. The lowest BCUT2D eigenvalue weighted by Crippen LogP contribution is -2.08. The quantitative estimate of drug-likeness (QED) is 0.700. The molecule has 0 aliphatic heterocycles. The van der Waals surface area contributed by atoms with Crippen molar-refractivity contribution in [2.24, 2.45) is 0 Å². The Balaban J connectivity index is 1.50. The van der Waals surface area contributed by atoms with Crippen molar-refractivity contribution in [3.05, 3.63) is 72.4 Å². The molecule has 0 atom stereocenters. The topological polar surface area (TPSA) is 63.0 Å². The first-order valence-corrected chi connectivity index (χ1v) is 7.26. The molecular weight excluding hydrogens is 276 g/mol. The number of furan rings is 1. The molecule has 0 radical (unpaired) electrons. The summed E-state index contributed by atoms with van der Waals surface area (Å²) >= 11 is 0. The van der Waals surface area contributed by atoms with E-state index in [-0.39, 0.29) is 0 Å². The molecule has 0 saturated heterocycles. The summed E-state index contributed by atoms with van der Waals surface area (Å²) in [6.45, 7) is 1.44. The second-order valence-corrected chi connectivity index (χ2v) is 4.88. The fourth-order valence-corrected chi connectivity index (χ4v) is 2.12. The maximum atomic E-state index is 5.28. The molecule has 0 bridgehead atoms. The third kappa shape index (κ3) is 4.09. The SMILES string of the molecule is c1ccc(CCNc2cc(NCc3ccco3)ncn2)cc1. The Morgan fingerprint density at radius 2 is 1.73 bits per heavy atom. The van der Waals surface area contributed by atoms with Crippen molar-refractivity contribution in [2.75, 3.05) is 17.2 Å². The summed E-state index contributed by atoms with van der Waals surface area (Å²) in [7, 11) is 0. The highest BCUT2D eigenvalue weighted by Gasteiger charge is 2.00. The van der Waals surface area contributed by atoms with E-state index in [1.807, 2.05) is 24.3 Å². The fourth-order valence-electron chi connectivity index (χ4n) is 2.12. The van der Waals surface area contributed by atoms with Crippen LogP contribution in [0.3, 0.4) is 0 Å². The molecule has 0 saturated carbocycles. The first kappa shape index (κ1) is 14.1. The third-order valence-electron chi connectivity index (χ3n) is 3.25. The maximum absolute atomic E-state index is 5.28. The van der Waals surface area contributed by atoms with E-state index in [1.54, 1.807) is 12.6 Å². The lowest BCUT2D eigenvalue weighted by Gasteiger charge is -2.08. The molecule has 112 valence electrons. The highest BCUT2D eigenvalue weighted by molar-refractivity contribution is 5.46. The lowest BCUT2D eigenvalue weighted by atomic mass is 10.1. The Kier molecular flexibility index (Phi) is 4.67. The Morgan fingerprint density at radius 1 is 0.909 bits per heavy atom. The monoisotopic (exact) mass is 294 g/mol. The van der Waals surface area contributed by atoms with Crippen LogP contribution >= 0.6 is 0 Å².